The molecule has 0 fully saturated rings. The van der Waals surface area contributed by atoms with E-state index in [-0.39, 0.29) is 19.1 Å². The van der Waals surface area contributed by atoms with E-state index >= 15 is 0 Å². The number of nitrogens with one attached hydrogen (secondary N) is 1. The predicted molar refractivity (Wildman–Crippen MR) is 382 cm³/mol. The van der Waals surface area contributed by atoms with Crippen LogP contribution in [0.2, 0.25) is 0 Å². The fourth-order valence-electron chi connectivity index (χ4n) is 10.3. The van der Waals surface area contributed by atoms with Crippen molar-refractivity contribution >= 4 is 13.7 Å². The van der Waals surface area contributed by atoms with Crippen LogP contribution >= 0.6 is 7.82 Å². The molecule has 0 heterocycles. The number of carbonyl (C=O) groups is 1. The molecule has 3 N–H and O–H groups in total. The average Bonchev–Trinajstić information content (AvgIpc) is 3.71. The largest absolute Gasteiger partial charge is 0.472 e. The Labute approximate surface area is 539 Å². The van der Waals surface area contributed by atoms with E-state index in [9.17, 15) is 19.4 Å². The highest BCUT2D eigenvalue weighted by Crippen LogP contribution is 2.43. The van der Waals surface area contributed by atoms with Crippen molar-refractivity contribution in [2.45, 2.75) is 328 Å². The summed E-state index contributed by atoms with van der Waals surface area (Å²) >= 11 is 0. The fourth-order valence-corrected chi connectivity index (χ4v) is 11.0. The molecule has 0 saturated heterocycles. The first kappa shape index (κ1) is 83.9. The lowest BCUT2D eigenvalue weighted by molar-refractivity contribution is -0.870. The Morgan fingerprint density at radius 1 is 0.402 bits per heavy atom. The zero-order valence-corrected chi connectivity index (χ0v) is 58.4. The summed E-state index contributed by atoms with van der Waals surface area (Å²) in [5.41, 5.74) is 0. The minimum atomic E-state index is -4.37. The zero-order chi connectivity index (χ0) is 63.4. The van der Waals surface area contributed by atoms with Gasteiger partial charge in [0.05, 0.1) is 39.9 Å². The van der Waals surface area contributed by atoms with Crippen LogP contribution in [0.3, 0.4) is 0 Å². The van der Waals surface area contributed by atoms with Crippen LogP contribution in [-0.4, -0.2) is 73.4 Å². The second kappa shape index (κ2) is 67.3. The molecule has 1 amide bonds. The maximum Gasteiger partial charge on any atom is 0.472 e. The minimum Gasteiger partial charge on any atom is -0.387 e. The van der Waals surface area contributed by atoms with Crippen LogP contribution in [0.25, 0.3) is 0 Å². The lowest BCUT2D eigenvalue weighted by atomic mass is 10.0. The van der Waals surface area contributed by atoms with Crippen LogP contribution in [0.1, 0.15) is 316 Å². The maximum atomic E-state index is 13.1. The number of nitrogens with zero attached hydrogens (tertiary/aromatic N) is 1. The summed E-state index contributed by atoms with van der Waals surface area (Å²) in [4.78, 5) is 23.4. The van der Waals surface area contributed by atoms with Crippen molar-refractivity contribution in [3.63, 3.8) is 0 Å². The van der Waals surface area contributed by atoms with Crippen molar-refractivity contribution in [1.29, 1.82) is 0 Å². The van der Waals surface area contributed by atoms with E-state index in [1.54, 1.807) is 6.08 Å². The molecule has 502 valence electrons. The lowest BCUT2D eigenvalue weighted by Crippen LogP contribution is -2.45. The van der Waals surface area contributed by atoms with Crippen LogP contribution in [0.15, 0.2) is 122 Å². The first-order chi connectivity index (χ1) is 42.5. The van der Waals surface area contributed by atoms with Gasteiger partial charge in [-0.05, 0) is 96.3 Å². The molecule has 0 saturated carbocycles. The molecular weight excluding hydrogens is 1090 g/mol. The summed E-state index contributed by atoms with van der Waals surface area (Å²) in [6.07, 6.45) is 101. The van der Waals surface area contributed by atoms with Gasteiger partial charge in [-0.2, -0.15) is 0 Å². The van der Waals surface area contributed by atoms with Crippen molar-refractivity contribution in [2.75, 3.05) is 40.9 Å². The van der Waals surface area contributed by atoms with E-state index in [1.165, 1.54) is 205 Å². The number of allylic oxidation sites excluding steroid dienone is 19. The Kier molecular flexibility index (Phi) is 64.9. The molecule has 3 atom stereocenters. The number of phosphoric ester groups is 1. The van der Waals surface area contributed by atoms with Gasteiger partial charge in [-0.25, -0.2) is 4.57 Å². The minimum absolute atomic E-state index is 0.0530. The van der Waals surface area contributed by atoms with Gasteiger partial charge in [0, 0.05) is 6.42 Å². The van der Waals surface area contributed by atoms with Gasteiger partial charge in [0.25, 0.3) is 0 Å². The highest BCUT2D eigenvalue weighted by Gasteiger charge is 2.28. The van der Waals surface area contributed by atoms with E-state index in [4.69, 9.17) is 9.05 Å². The van der Waals surface area contributed by atoms with Crippen molar-refractivity contribution in [1.82, 2.24) is 5.32 Å². The highest BCUT2D eigenvalue weighted by atomic mass is 31.2. The van der Waals surface area contributed by atoms with E-state index in [0.29, 0.717) is 17.4 Å². The highest BCUT2D eigenvalue weighted by molar-refractivity contribution is 7.47. The molecule has 0 bridgehead atoms. The topological polar surface area (TPSA) is 105 Å². The van der Waals surface area contributed by atoms with Crippen LogP contribution in [-0.2, 0) is 18.4 Å². The number of likely N-dealkylation sites (N-methyl/N-ethyl adjacent to an activating group) is 1. The molecule has 0 aliphatic rings. The monoisotopic (exact) mass is 1230 g/mol. The molecule has 8 nitrogen and oxygen atoms in total. The van der Waals surface area contributed by atoms with Crippen LogP contribution in [0, 0.1) is 0 Å². The Balaban J connectivity index is 4.06. The molecule has 87 heavy (non-hydrogen) atoms. The Morgan fingerprint density at radius 2 is 0.701 bits per heavy atom. The summed E-state index contributed by atoms with van der Waals surface area (Å²) in [6.45, 7) is 4.71. The van der Waals surface area contributed by atoms with Crippen LogP contribution < -0.4 is 5.32 Å². The number of rotatable bonds is 66. The number of phosphoric acid groups is 1. The molecule has 0 aromatic carbocycles. The number of quaternary nitrogens is 1. The molecule has 0 aliphatic heterocycles. The van der Waals surface area contributed by atoms with Gasteiger partial charge in [0.1, 0.15) is 13.2 Å². The van der Waals surface area contributed by atoms with E-state index in [2.05, 4.69) is 129 Å². The molecule has 0 aromatic heterocycles. The summed E-state index contributed by atoms with van der Waals surface area (Å²) in [5.74, 6) is -0.187. The summed E-state index contributed by atoms with van der Waals surface area (Å²) < 4.78 is 23.8. The maximum absolute atomic E-state index is 13.1. The van der Waals surface area contributed by atoms with E-state index < -0.39 is 20.0 Å². The number of aliphatic hydroxyl groups excluding tert-OH is 1. The zero-order valence-electron chi connectivity index (χ0n) is 57.5. The quantitative estimate of drug-likeness (QED) is 0.0243. The van der Waals surface area contributed by atoms with Crippen molar-refractivity contribution in [3.8, 4) is 0 Å². The molecule has 0 rings (SSSR count). The SMILES string of the molecule is CC/C=C\C/C=C\C/C=C\C/C=C\C/C=C\C/C=C\C/C=C\C/C=C\CCCCCCCCCCCCCCCCCCC(=O)NC(COP(=O)(O)OCC[N+](C)(C)C)C(O)/C=C/CC/C=C/CCCCCCCCCCCCCCCCCCCC. The Bertz CT molecular complexity index is 1840. The number of unbranched alkanes of at least 4 members (excludes halogenated alkanes) is 35. The summed E-state index contributed by atoms with van der Waals surface area (Å²) in [5, 5.41) is 14.0. The third kappa shape index (κ3) is 70.2. The molecule has 0 aromatic rings. The van der Waals surface area contributed by atoms with Gasteiger partial charge in [0.15, 0.2) is 0 Å². The first-order valence-corrected chi connectivity index (χ1v) is 37.9. The number of hydrogen-bond acceptors (Lipinski definition) is 5. The fraction of sp³-hybridized carbons (Fsp3) is 0.731. The lowest BCUT2D eigenvalue weighted by Gasteiger charge is -2.25. The third-order valence-corrected chi connectivity index (χ3v) is 16.9. The second-order valence-electron chi connectivity index (χ2n) is 25.6. The molecule has 0 spiro atoms. The number of aliphatic hydroxyl groups is 1. The van der Waals surface area contributed by atoms with Gasteiger partial charge in [0.2, 0.25) is 5.91 Å². The van der Waals surface area contributed by atoms with Crippen LogP contribution in [0.5, 0.6) is 0 Å². The van der Waals surface area contributed by atoms with Gasteiger partial charge in [-0.15, -0.1) is 0 Å². The Morgan fingerprint density at radius 3 is 1.06 bits per heavy atom. The van der Waals surface area contributed by atoms with Gasteiger partial charge in [-0.3, -0.25) is 13.8 Å². The van der Waals surface area contributed by atoms with Gasteiger partial charge >= 0.3 is 7.82 Å². The first-order valence-electron chi connectivity index (χ1n) is 36.4. The van der Waals surface area contributed by atoms with Gasteiger partial charge in [-0.1, -0.05) is 334 Å². The molecule has 0 aliphatic carbocycles. The van der Waals surface area contributed by atoms with Gasteiger partial charge < -0.3 is 19.8 Å². The van der Waals surface area contributed by atoms with E-state index in [0.717, 1.165) is 89.9 Å². The number of hydrogen-bond donors (Lipinski definition) is 3. The summed E-state index contributed by atoms with van der Waals surface area (Å²) in [7, 11) is 1.55. The molecule has 9 heteroatoms. The average molecular weight is 1230 g/mol. The predicted octanol–water partition coefficient (Wildman–Crippen LogP) is 23.6. The van der Waals surface area contributed by atoms with E-state index in [1.807, 2.05) is 27.2 Å². The van der Waals surface area contributed by atoms with Crippen LogP contribution in [0.4, 0.5) is 0 Å². The molecule has 0 radical (unpaired) electrons. The Hall–Kier alpha value is -3.10. The van der Waals surface area contributed by atoms with Crippen molar-refractivity contribution in [2.24, 2.45) is 0 Å². The normalized spacial score (nSPS) is 14.3. The molecular formula is C78H140N2O6P+. The summed E-state index contributed by atoms with van der Waals surface area (Å²) in [6, 6.07) is -0.871. The van der Waals surface area contributed by atoms with Crippen molar-refractivity contribution in [3.05, 3.63) is 122 Å². The molecule has 3 unspecified atom stereocenters. The third-order valence-electron chi connectivity index (χ3n) is 15.9. The number of amides is 1. The second-order valence-corrected chi connectivity index (χ2v) is 27.0. The standard InChI is InChI=1S/C78H139N2O6P/c1-6-8-10-12-14-16-18-20-22-24-26-28-30-32-33-34-35-36-37-38-39-40-41-42-43-44-45-46-47-48-50-52-54-56-58-60-62-64-66-68-70-72-78(82)79-76(75-86-87(83,84)85-74-73-80(3,4)5)77(81)71-69-67-65-63-61-59-57-55-53-51-49-31-29-27-25-23-21-19-17-15-13-11-9-7-2/h8,10,14,16,20,22,26,28,32-33,35-36,38-39,41-42,61,63,69,71,76-77,81H,6-7,9,11-13,15,17-19,21,23-25,27,29-31,34,37,40,43-60,62,64-68,70,72-75H2,1-5H3,(H-,79,82,83,84)/p+1/b10-8-,16-14-,22-20-,28-26-,33-32-,36-35-,39-38-,42-41-,63-61+,71-69+. The smallest absolute Gasteiger partial charge is 0.387 e. The number of carbonyl (C=O) groups excluding carboxylic acids is 1. The van der Waals surface area contributed by atoms with Crippen molar-refractivity contribution < 1.29 is 32.9 Å².